The van der Waals surface area contributed by atoms with E-state index in [4.69, 9.17) is 11.1 Å². The molecule has 0 radical (unpaired) electrons. The number of nitrogens with one attached hydrogen (secondary N) is 2. The van der Waals surface area contributed by atoms with Crippen molar-refractivity contribution in [3.05, 3.63) is 0 Å². The minimum atomic E-state index is -3.47. The van der Waals surface area contributed by atoms with Crippen molar-refractivity contribution in [3.8, 4) is 0 Å². The van der Waals surface area contributed by atoms with Gasteiger partial charge in [0.15, 0.2) is 0 Å². The van der Waals surface area contributed by atoms with Crippen molar-refractivity contribution in [1.29, 1.82) is 5.41 Å². The second-order valence-electron chi connectivity index (χ2n) is 4.85. The number of hydrogen-bond donors (Lipinski definition) is 3. The summed E-state index contributed by atoms with van der Waals surface area (Å²) in [5.41, 5.74) is 5.45. The quantitative estimate of drug-likeness (QED) is 0.480. The molecule has 0 amide bonds. The van der Waals surface area contributed by atoms with Gasteiger partial charge in [0.2, 0.25) is 0 Å². The maximum atomic E-state index is 12.1. The van der Waals surface area contributed by atoms with Crippen molar-refractivity contribution < 1.29 is 8.42 Å². The highest BCUT2D eigenvalue weighted by Gasteiger charge is 2.37. The molecule has 2 rings (SSSR count). The van der Waals surface area contributed by atoms with Crippen LogP contribution in [0.3, 0.4) is 0 Å². The molecule has 0 spiro atoms. The van der Waals surface area contributed by atoms with Gasteiger partial charge in [-0.25, -0.2) is 0 Å². The van der Waals surface area contributed by atoms with Crippen LogP contribution in [0.25, 0.3) is 0 Å². The number of rotatable bonds is 5. The fraction of sp³-hybridized carbons (Fsp3) is 0.900. The Morgan fingerprint density at radius 3 is 2.35 bits per heavy atom. The summed E-state index contributed by atoms with van der Waals surface area (Å²) in [6.07, 6.45) is 4.81. The molecular formula is C10H20N4O2S. The van der Waals surface area contributed by atoms with Gasteiger partial charge in [-0.3, -0.25) is 5.41 Å². The third kappa shape index (κ3) is 3.17. The molecule has 0 bridgehead atoms. The van der Waals surface area contributed by atoms with E-state index >= 15 is 0 Å². The molecule has 0 aromatic rings. The van der Waals surface area contributed by atoms with Crippen molar-refractivity contribution in [1.82, 2.24) is 9.03 Å². The van der Waals surface area contributed by atoms with E-state index in [1.807, 2.05) is 0 Å². The molecule has 7 heteroatoms. The Morgan fingerprint density at radius 1 is 1.29 bits per heavy atom. The molecule has 1 heterocycles. The summed E-state index contributed by atoms with van der Waals surface area (Å²) in [4.78, 5) is 0. The van der Waals surface area contributed by atoms with Crippen LogP contribution in [0.4, 0.5) is 0 Å². The zero-order valence-electron chi connectivity index (χ0n) is 9.85. The van der Waals surface area contributed by atoms with E-state index in [1.165, 1.54) is 4.31 Å². The molecule has 1 saturated heterocycles. The second kappa shape index (κ2) is 4.91. The van der Waals surface area contributed by atoms with Gasteiger partial charge in [0.1, 0.15) is 5.84 Å². The third-order valence-electron chi connectivity index (χ3n) is 3.36. The first-order chi connectivity index (χ1) is 8.00. The first-order valence-corrected chi connectivity index (χ1v) is 7.56. The molecule has 17 heavy (non-hydrogen) atoms. The lowest BCUT2D eigenvalue weighted by molar-refractivity contribution is 0.339. The van der Waals surface area contributed by atoms with Gasteiger partial charge in [0, 0.05) is 13.1 Å². The van der Waals surface area contributed by atoms with Crippen LogP contribution >= 0.6 is 0 Å². The van der Waals surface area contributed by atoms with E-state index < -0.39 is 16.3 Å². The van der Waals surface area contributed by atoms with E-state index in [0.29, 0.717) is 13.1 Å². The highest BCUT2D eigenvalue weighted by Crippen LogP contribution is 2.33. The summed E-state index contributed by atoms with van der Waals surface area (Å²) in [6.45, 7) is 1.15. The van der Waals surface area contributed by atoms with Gasteiger partial charge in [-0.05, 0) is 31.6 Å². The lowest BCUT2D eigenvalue weighted by atomic mass is 10.2. The summed E-state index contributed by atoms with van der Waals surface area (Å²) in [5.74, 6) is 0.139. The maximum Gasteiger partial charge on any atom is 0.280 e. The van der Waals surface area contributed by atoms with Crippen LogP contribution in [0.2, 0.25) is 0 Å². The highest BCUT2D eigenvalue weighted by molar-refractivity contribution is 7.87. The Bertz CT molecular complexity index is 385. The Labute approximate surface area is 102 Å². The second-order valence-corrected chi connectivity index (χ2v) is 6.56. The van der Waals surface area contributed by atoms with Crippen molar-refractivity contribution in [2.45, 2.75) is 38.1 Å². The van der Waals surface area contributed by atoms with Crippen LogP contribution in [0, 0.1) is 11.3 Å². The number of nitrogens with two attached hydrogens (primary N) is 1. The molecule has 0 aromatic heterocycles. The van der Waals surface area contributed by atoms with Crippen LogP contribution in [-0.2, 0) is 10.2 Å². The van der Waals surface area contributed by atoms with Crippen molar-refractivity contribution >= 4 is 16.0 Å². The van der Waals surface area contributed by atoms with Gasteiger partial charge in [0.25, 0.3) is 10.2 Å². The molecule has 4 N–H and O–H groups in total. The lowest BCUT2D eigenvalue weighted by Gasteiger charge is -2.28. The van der Waals surface area contributed by atoms with Crippen molar-refractivity contribution in [2.75, 3.05) is 13.1 Å². The number of hydrogen-bond acceptors (Lipinski definition) is 3. The van der Waals surface area contributed by atoms with Gasteiger partial charge in [-0.15, -0.1) is 0 Å². The van der Waals surface area contributed by atoms with E-state index in [0.717, 1.165) is 32.1 Å². The molecule has 1 aliphatic carbocycles. The highest BCUT2D eigenvalue weighted by atomic mass is 32.2. The van der Waals surface area contributed by atoms with Crippen LogP contribution in [0.5, 0.6) is 0 Å². The van der Waals surface area contributed by atoms with Gasteiger partial charge < -0.3 is 5.73 Å². The third-order valence-corrected chi connectivity index (χ3v) is 4.96. The van der Waals surface area contributed by atoms with Gasteiger partial charge in [0.05, 0.1) is 6.04 Å². The van der Waals surface area contributed by atoms with Crippen molar-refractivity contribution in [2.24, 2.45) is 11.7 Å². The normalized spacial score (nSPS) is 24.5. The predicted molar refractivity (Wildman–Crippen MR) is 65.9 cm³/mol. The molecular weight excluding hydrogens is 240 g/mol. The molecule has 1 saturated carbocycles. The maximum absolute atomic E-state index is 12.1. The first kappa shape index (κ1) is 12.8. The lowest BCUT2D eigenvalue weighted by Crippen LogP contribution is -2.52. The van der Waals surface area contributed by atoms with Crippen LogP contribution in [0.1, 0.15) is 32.1 Å². The van der Waals surface area contributed by atoms with E-state index in [9.17, 15) is 8.42 Å². The molecule has 2 fully saturated rings. The SMILES string of the molecule is N=C(N)C(NS(=O)(=O)N1CCCCC1)C1CC1. The summed E-state index contributed by atoms with van der Waals surface area (Å²) in [7, 11) is -3.47. The Balaban J connectivity index is 2.01. The molecule has 6 nitrogen and oxygen atoms in total. The molecule has 0 aromatic carbocycles. The molecule has 1 unspecified atom stereocenters. The summed E-state index contributed by atoms with van der Waals surface area (Å²) in [6, 6.07) is -0.512. The Kier molecular flexibility index (Phi) is 3.70. The predicted octanol–water partition coefficient (Wildman–Crippen LogP) is 0.0213. The van der Waals surface area contributed by atoms with Crippen LogP contribution in [-0.4, -0.2) is 37.7 Å². The smallest absolute Gasteiger partial charge is 0.280 e. The van der Waals surface area contributed by atoms with Crippen LogP contribution in [0.15, 0.2) is 0 Å². The average Bonchev–Trinajstić information content (AvgIpc) is 3.11. The minimum absolute atomic E-state index is 0.0758. The Morgan fingerprint density at radius 2 is 1.88 bits per heavy atom. The zero-order chi connectivity index (χ0) is 12.5. The summed E-state index contributed by atoms with van der Waals surface area (Å²) < 4.78 is 28.2. The van der Waals surface area contributed by atoms with Gasteiger partial charge >= 0.3 is 0 Å². The molecule has 98 valence electrons. The molecule has 1 atom stereocenters. The number of amidine groups is 1. The minimum Gasteiger partial charge on any atom is -0.386 e. The first-order valence-electron chi connectivity index (χ1n) is 6.12. The fourth-order valence-electron chi connectivity index (χ4n) is 2.18. The largest absolute Gasteiger partial charge is 0.386 e. The standard InChI is InChI=1S/C10H20N4O2S/c11-10(12)9(8-4-5-8)13-17(15,16)14-6-2-1-3-7-14/h8-9,13H,1-7H2,(H3,11,12). The summed E-state index contributed by atoms with van der Waals surface area (Å²) in [5, 5.41) is 7.45. The zero-order valence-corrected chi connectivity index (χ0v) is 10.7. The van der Waals surface area contributed by atoms with E-state index in [1.54, 1.807) is 0 Å². The average molecular weight is 260 g/mol. The van der Waals surface area contributed by atoms with Crippen molar-refractivity contribution in [3.63, 3.8) is 0 Å². The fourth-order valence-corrected chi connectivity index (χ4v) is 3.71. The van der Waals surface area contributed by atoms with Gasteiger partial charge in [-0.2, -0.15) is 17.4 Å². The van der Waals surface area contributed by atoms with E-state index in [-0.39, 0.29) is 11.8 Å². The number of nitrogens with zero attached hydrogens (tertiary/aromatic N) is 1. The topological polar surface area (TPSA) is 99.3 Å². The summed E-state index contributed by atoms with van der Waals surface area (Å²) >= 11 is 0. The van der Waals surface area contributed by atoms with E-state index in [2.05, 4.69) is 4.72 Å². The Hall–Kier alpha value is -0.660. The monoisotopic (exact) mass is 260 g/mol. The number of piperidine rings is 1. The molecule has 1 aliphatic heterocycles. The molecule has 2 aliphatic rings. The van der Waals surface area contributed by atoms with Gasteiger partial charge in [-0.1, -0.05) is 6.42 Å². The van der Waals surface area contributed by atoms with Crippen LogP contribution < -0.4 is 10.5 Å².